The highest BCUT2D eigenvalue weighted by Crippen LogP contribution is 2.30. The summed E-state index contributed by atoms with van der Waals surface area (Å²) in [6.07, 6.45) is 6.48. The van der Waals surface area contributed by atoms with Crippen LogP contribution in [0.4, 0.5) is 16.8 Å². The molecule has 7 nitrogen and oxygen atoms in total. The molecule has 3 aromatic rings. The van der Waals surface area contributed by atoms with E-state index in [2.05, 4.69) is 20.2 Å². The van der Waals surface area contributed by atoms with Crippen molar-refractivity contribution in [1.82, 2.24) is 15.0 Å². The number of hydrogen-bond donors (Lipinski definition) is 2. The van der Waals surface area contributed by atoms with Gasteiger partial charge < -0.3 is 15.3 Å². The van der Waals surface area contributed by atoms with Gasteiger partial charge in [-0.15, -0.1) is 24.8 Å². The normalized spacial score (nSPS) is 10.7. The Morgan fingerprint density at radius 3 is 2.72 bits per heavy atom. The summed E-state index contributed by atoms with van der Waals surface area (Å²) in [5, 5.41) is 12.9. The van der Waals surface area contributed by atoms with Crippen LogP contribution in [-0.4, -0.2) is 39.6 Å². The third kappa shape index (κ3) is 8.11. The molecular formula is C22H27Cl2N5O2S. The molecule has 0 aliphatic heterocycles. The number of aliphatic carboxylic acids is 1. The first kappa shape index (κ1) is 27.4. The minimum atomic E-state index is -0.896. The van der Waals surface area contributed by atoms with Crippen LogP contribution in [0.25, 0.3) is 10.6 Å². The van der Waals surface area contributed by atoms with Gasteiger partial charge in [0.25, 0.3) is 0 Å². The van der Waals surface area contributed by atoms with Crippen LogP contribution in [0.3, 0.4) is 0 Å². The molecule has 32 heavy (non-hydrogen) atoms. The lowest BCUT2D eigenvalue weighted by Crippen LogP contribution is -2.18. The van der Waals surface area contributed by atoms with Gasteiger partial charge in [0.2, 0.25) is 0 Å². The summed E-state index contributed by atoms with van der Waals surface area (Å²) in [4.78, 5) is 27.3. The zero-order valence-electron chi connectivity index (χ0n) is 18.1. The predicted molar refractivity (Wildman–Crippen MR) is 136 cm³/mol. The van der Waals surface area contributed by atoms with Crippen LogP contribution >= 0.6 is 36.2 Å². The number of halogens is 2. The number of pyridine rings is 2. The molecule has 0 saturated heterocycles. The van der Waals surface area contributed by atoms with Gasteiger partial charge in [0.15, 0.2) is 5.13 Å². The van der Waals surface area contributed by atoms with E-state index in [1.54, 1.807) is 17.5 Å². The van der Waals surface area contributed by atoms with Crippen molar-refractivity contribution in [3.05, 3.63) is 59.9 Å². The summed E-state index contributed by atoms with van der Waals surface area (Å²) < 4.78 is 0. The molecule has 0 aromatic carbocycles. The van der Waals surface area contributed by atoms with Crippen LogP contribution < -0.4 is 10.2 Å². The van der Waals surface area contributed by atoms with Gasteiger partial charge >= 0.3 is 5.97 Å². The molecule has 10 heteroatoms. The quantitative estimate of drug-likeness (QED) is 0.365. The van der Waals surface area contributed by atoms with E-state index >= 15 is 0 Å². The summed E-state index contributed by atoms with van der Waals surface area (Å²) in [5.74, 6) is 0.596. The molecule has 0 saturated carbocycles. The maximum absolute atomic E-state index is 10.7. The Bertz CT molecular complexity index is 1060. The zero-order chi connectivity index (χ0) is 21.5. The van der Waals surface area contributed by atoms with E-state index in [0.717, 1.165) is 57.9 Å². The molecular weight excluding hydrogens is 469 g/mol. The van der Waals surface area contributed by atoms with Gasteiger partial charge in [-0.05, 0) is 56.5 Å². The highest BCUT2D eigenvalue weighted by atomic mass is 35.5. The van der Waals surface area contributed by atoms with Crippen LogP contribution in [-0.2, 0) is 4.79 Å². The third-order valence-corrected chi connectivity index (χ3v) is 5.56. The Morgan fingerprint density at radius 2 is 2.00 bits per heavy atom. The minimum absolute atomic E-state index is 0. The molecule has 0 radical (unpaired) electrons. The molecule has 0 aliphatic rings. The van der Waals surface area contributed by atoms with E-state index in [9.17, 15) is 4.79 Å². The summed E-state index contributed by atoms with van der Waals surface area (Å²) in [6.45, 7) is 4.66. The van der Waals surface area contributed by atoms with Crippen molar-refractivity contribution in [2.45, 2.75) is 26.7 Å². The van der Waals surface area contributed by atoms with Crippen molar-refractivity contribution in [1.29, 1.82) is 0 Å². The lowest BCUT2D eigenvalue weighted by molar-refractivity contribution is -0.131. The van der Waals surface area contributed by atoms with Gasteiger partial charge in [-0.3, -0.25) is 0 Å². The van der Waals surface area contributed by atoms with Crippen LogP contribution in [0.2, 0.25) is 0 Å². The molecule has 0 amide bonds. The maximum Gasteiger partial charge on any atom is 0.328 e. The van der Waals surface area contributed by atoms with Gasteiger partial charge in [-0.25, -0.2) is 19.7 Å². The highest BCUT2D eigenvalue weighted by molar-refractivity contribution is 7.18. The van der Waals surface area contributed by atoms with Gasteiger partial charge in [0.1, 0.15) is 11.6 Å². The summed E-state index contributed by atoms with van der Waals surface area (Å²) >= 11 is 1.58. The average Bonchev–Trinajstić information content (AvgIpc) is 3.18. The Balaban J connectivity index is 0.00000256. The largest absolute Gasteiger partial charge is 0.478 e. The molecule has 0 bridgehead atoms. The Kier molecular flexibility index (Phi) is 11.1. The van der Waals surface area contributed by atoms with E-state index in [4.69, 9.17) is 10.1 Å². The molecule has 3 heterocycles. The molecule has 0 aliphatic carbocycles. The molecule has 3 rings (SSSR count). The molecule has 0 atom stereocenters. The molecule has 0 spiro atoms. The van der Waals surface area contributed by atoms with E-state index in [1.165, 1.54) is 6.08 Å². The monoisotopic (exact) mass is 495 g/mol. The predicted octanol–water partition coefficient (Wildman–Crippen LogP) is 5.74. The van der Waals surface area contributed by atoms with Crippen molar-refractivity contribution < 1.29 is 9.90 Å². The number of aromatic nitrogens is 3. The lowest BCUT2D eigenvalue weighted by Gasteiger charge is -2.15. The van der Waals surface area contributed by atoms with Gasteiger partial charge in [0, 0.05) is 32.1 Å². The second-order valence-corrected chi connectivity index (χ2v) is 8.12. The number of carboxylic acids is 1. The first-order chi connectivity index (χ1) is 14.4. The van der Waals surface area contributed by atoms with Crippen molar-refractivity contribution in [2.24, 2.45) is 0 Å². The first-order valence-electron chi connectivity index (χ1n) is 9.65. The molecule has 2 N–H and O–H groups in total. The number of hydrogen-bond acceptors (Lipinski definition) is 7. The van der Waals surface area contributed by atoms with E-state index < -0.39 is 5.97 Å². The fourth-order valence-corrected chi connectivity index (χ4v) is 3.78. The second-order valence-electron chi connectivity index (χ2n) is 7.11. The number of nitrogens with zero attached hydrogens (tertiary/aromatic N) is 4. The summed E-state index contributed by atoms with van der Waals surface area (Å²) in [6, 6.07) is 9.76. The average molecular weight is 496 g/mol. The van der Waals surface area contributed by atoms with Crippen LogP contribution in [0.5, 0.6) is 0 Å². The fraction of sp³-hybridized carbons (Fsp3) is 0.273. The Labute approximate surface area is 204 Å². The minimum Gasteiger partial charge on any atom is -0.478 e. The van der Waals surface area contributed by atoms with Crippen LogP contribution in [0.1, 0.15) is 25.3 Å². The van der Waals surface area contributed by atoms with Crippen molar-refractivity contribution in [3.63, 3.8) is 0 Å². The zero-order valence-corrected chi connectivity index (χ0v) is 20.6. The lowest BCUT2D eigenvalue weighted by atomic mass is 10.1. The topological polar surface area (TPSA) is 91.2 Å². The number of thiazole rings is 1. The molecule has 0 fully saturated rings. The summed E-state index contributed by atoms with van der Waals surface area (Å²) in [5.41, 5.74) is 2.85. The number of allylic oxidation sites excluding steroid dienone is 1. The smallest absolute Gasteiger partial charge is 0.328 e. The highest BCUT2D eigenvalue weighted by Gasteiger charge is 2.10. The molecule has 172 valence electrons. The first-order valence-corrected chi connectivity index (χ1v) is 10.5. The van der Waals surface area contributed by atoms with E-state index in [-0.39, 0.29) is 24.8 Å². The van der Waals surface area contributed by atoms with Gasteiger partial charge in [0.05, 0.1) is 10.6 Å². The third-order valence-electron chi connectivity index (χ3n) is 4.43. The van der Waals surface area contributed by atoms with E-state index in [0.29, 0.717) is 0 Å². The van der Waals surface area contributed by atoms with E-state index in [1.807, 2.05) is 57.4 Å². The SMILES string of the molecule is CC(=CC(=O)O)CCCN(C)c1ncc(-c2cccc(Nc3cc(C)ccn3)n2)s1.Cl.Cl. The van der Waals surface area contributed by atoms with Crippen molar-refractivity contribution in [3.8, 4) is 10.6 Å². The second kappa shape index (κ2) is 13.0. The number of carboxylic acid groups (broad SMARTS) is 1. The van der Waals surface area contributed by atoms with Crippen molar-refractivity contribution >= 4 is 58.9 Å². The number of nitrogens with one attached hydrogen (secondary N) is 1. The van der Waals surface area contributed by atoms with Crippen LogP contribution in [0.15, 0.2) is 54.4 Å². The Hall–Kier alpha value is -2.68. The molecule has 0 unspecified atom stereocenters. The van der Waals surface area contributed by atoms with Gasteiger partial charge in [-0.1, -0.05) is 23.0 Å². The van der Waals surface area contributed by atoms with Crippen LogP contribution in [0, 0.1) is 6.92 Å². The maximum atomic E-state index is 10.7. The summed E-state index contributed by atoms with van der Waals surface area (Å²) in [7, 11) is 1.99. The number of anilines is 3. The standard InChI is InChI=1S/C22H25N5O2S.2ClH/c1-15(13-21(28)29)6-5-11-27(3)22-24-14-18(30-22)17-7-4-8-19(25-17)26-20-12-16(2)9-10-23-20;;/h4,7-10,12-14H,5-6,11H2,1-3H3,(H,28,29)(H,23,25,26);2*1H. The number of aryl methyl sites for hydroxylation is 1. The molecule has 3 aromatic heterocycles. The fourth-order valence-electron chi connectivity index (χ4n) is 2.91. The van der Waals surface area contributed by atoms with Gasteiger partial charge in [-0.2, -0.15) is 0 Å². The van der Waals surface area contributed by atoms with Crippen molar-refractivity contribution in [2.75, 3.05) is 23.8 Å². The number of rotatable bonds is 9. The Morgan fingerprint density at radius 1 is 1.22 bits per heavy atom. The number of carbonyl (C=O) groups is 1.